The first-order chi connectivity index (χ1) is 7.85. The maximum Gasteiger partial charge on any atom is 0.417 e. The number of benzene rings is 1. The number of oxazole rings is 1. The largest absolute Gasteiger partial charge is 0.417 e. The summed E-state index contributed by atoms with van der Waals surface area (Å²) >= 11 is 0. The Morgan fingerprint density at radius 3 is 2.82 bits per heavy atom. The molecule has 1 aromatic carbocycles. The van der Waals surface area contributed by atoms with Gasteiger partial charge in [0.25, 0.3) is 0 Å². The Hall–Kier alpha value is -1.60. The summed E-state index contributed by atoms with van der Waals surface area (Å²) in [6, 6.07) is 4.25. The quantitative estimate of drug-likeness (QED) is 0.814. The van der Waals surface area contributed by atoms with Crippen molar-refractivity contribution in [2.75, 3.05) is 12.0 Å². The molecule has 2 rings (SSSR count). The van der Waals surface area contributed by atoms with Crippen molar-refractivity contribution in [1.29, 1.82) is 0 Å². The molecule has 17 heavy (non-hydrogen) atoms. The molecule has 0 aliphatic carbocycles. The minimum absolute atomic E-state index is 0.146. The zero-order valence-corrected chi connectivity index (χ0v) is 9.95. The van der Waals surface area contributed by atoms with E-state index in [1.807, 2.05) is 0 Å². The molecule has 0 aliphatic rings. The molecule has 0 bridgehead atoms. The lowest BCUT2D eigenvalue weighted by molar-refractivity contribution is 0.554. The van der Waals surface area contributed by atoms with Crippen molar-refractivity contribution in [3.8, 4) is 0 Å². The second-order valence-electron chi connectivity index (χ2n) is 3.97. The van der Waals surface area contributed by atoms with Gasteiger partial charge >= 0.3 is 5.76 Å². The van der Waals surface area contributed by atoms with Gasteiger partial charge < -0.3 is 10.2 Å². The first-order valence-electron chi connectivity index (χ1n) is 4.91. The van der Waals surface area contributed by atoms with Gasteiger partial charge in [0.1, 0.15) is 9.84 Å². The molecule has 6 nitrogen and oxygen atoms in total. The van der Waals surface area contributed by atoms with Gasteiger partial charge in [-0.2, -0.15) is 0 Å². The second-order valence-corrected chi connectivity index (χ2v) is 6.15. The Balaban J connectivity index is 2.39. The summed E-state index contributed by atoms with van der Waals surface area (Å²) in [5.41, 5.74) is 7.32. The summed E-state index contributed by atoms with van der Waals surface area (Å²) in [6.45, 7) is 0. The molecular formula is C10H12N2O4S. The fourth-order valence-electron chi connectivity index (χ4n) is 1.62. The Kier molecular flexibility index (Phi) is 2.80. The van der Waals surface area contributed by atoms with E-state index in [0.29, 0.717) is 16.7 Å². The van der Waals surface area contributed by atoms with Crippen molar-refractivity contribution in [2.45, 2.75) is 6.04 Å². The van der Waals surface area contributed by atoms with E-state index in [-0.39, 0.29) is 5.75 Å². The first-order valence-corrected chi connectivity index (χ1v) is 6.97. The molecule has 0 saturated carbocycles. The number of fused-ring (bicyclic) bond motifs is 1. The minimum Gasteiger partial charge on any atom is -0.408 e. The predicted octanol–water partition coefficient (Wildman–Crippen LogP) is 0.165. The highest BCUT2D eigenvalue weighted by molar-refractivity contribution is 7.90. The third kappa shape index (κ3) is 2.75. The van der Waals surface area contributed by atoms with Gasteiger partial charge in [-0.05, 0) is 17.7 Å². The van der Waals surface area contributed by atoms with E-state index in [0.717, 1.165) is 6.26 Å². The first kappa shape index (κ1) is 11.9. The molecule has 1 aromatic heterocycles. The third-order valence-corrected chi connectivity index (χ3v) is 3.32. The summed E-state index contributed by atoms with van der Waals surface area (Å²) in [6.07, 6.45) is 1.13. The molecule has 2 aromatic rings. The number of hydrogen-bond acceptors (Lipinski definition) is 5. The average Bonchev–Trinajstić information content (AvgIpc) is 2.53. The van der Waals surface area contributed by atoms with E-state index in [4.69, 9.17) is 10.2 Å². The summed E-state index contributed by atoms with van der Waals surface area (Å²) in [4.78, 5) is 13.4. The van der Waals surface area contributed by atoms with Gasteiger partial charge in [-0.1, -0.05) is 6.07 Å². The van der Waals surface area contributed by atoms with Gasteiger partial charge in [-0.3, -0.25) is 4.98 Å². The SMILES string of the molecule is CS(=O)(=O)CC(N)c1ccc2[nH]c(=O)oc2c1. The number of H-pyrrole nitrogens is 1. The van der Waals surface area contributed by atoms with Crippen LogP contribution in [0.5, 0.6) is 0 Å². The fourth-order valence-corrected chi connectivity index (χ4v) is 2.46. The number of aromatic nitrogens is 1. The van der Waals surface area contributed by atoms with Crippen LogP contribution < -0.4 is 11.5 Å². The highest BCUT2D eigenvalue weighted by atomic mass is 32.2. The van der Waals surface area contributed by atoms with Crippen molar-refractivity contribution in [3.05, 3.63) is 34.3 Å². The molecule has 0 fully saturated rings. The molecule has 3 N–H and O–H groups in total. The topological polar surface area (TPSA) is 106 Å². The molecule has 0 radical (unpaired) electrons. The van der Waals surface area contributed by atoms with Crippen LogP contribution in [0.15, 0.2) is 27.4 Å². The fraction of sp³-hybridized carbons (Fsp3) is 0.300. The van der Waals surface area contributed by atoms with Crippen LogP contribution in [0.3, 0.4) is 0 Å². The average molecular weight is 256 g/mol. The van der Waals surface area contributed by atoms with Gasteiger partial charge in [-0.15, -0.1) is 0 Å². The van der Waals surface area contributed by atoms with Crippen molar-refractivity contribution < 1.29 is 12.8 Å². The Morgan fingerprint density at radius 1 is 1.47 bits per heavy atom. The van der Waals surface area contributed by atoms with Crippen LogP contribution in [-0.4, -0.2) is 25.4 Å². The number of nitrogens with two attached hydrogens (primary N) is 1. The molecule has 92 valence electrons. The van der Waals surface area contributed by atoms with E-state index in [1.165, 1.54) is 0 Å². The highest BCUT2D eigenvalue weighted by Crippen LogP contribution is 2.18. The van der Waals surface area contributed by atoms with Crippen molar-refractivity contribution in [2.24, 2.45) is 5.73 Å². The van der Waals surface area contributed by atoms with Gasteiger partial charge in [0.2, 0.25) is 0 Å². The lowest BCUT2D eigenvalue weighted by Gasteiger charge is -2.09. The third-order valence-electron chi connectivity index (χ3n) is 2.36. The summed E-state index contributed by atoms with van der Waals surface area (Å²) in [5, 5.41) is 0. The molecule has 1 unspecified atom stereocenters. The minimum atomic E-state index is -3.14. The van der Waals surface area contributed by atoms with E-state index >= 15 is 0 Å². The number of hydrogen-bond donors (Lipinski definition) is 2. The van der Waals surface area contributed by atoms with E-state index in [2.05, 4.69) is 4.98 Å². The molecule has 1 atom stereocenters. The van der Waals surface area contributed by atoms with Crippen LogP contribution in [-0.2, 0) is 9.84 Å². The van der Waals surface area contributed by atoms with Crippen LogP contribution >= 0.6 is 0 Å². The number of sulfone groups is 1. The standard InChI is InChI=1S/C10H12N2O4S/c1-17(14,15)5-7(11)6-2-3-8-9(4-6)16-10(13)12-8/h2-4,7H,5,11H2,1H3,(H,12,13). The second kappa shape index (κ2) is 4.01. The van der Waals surface area contributed by atoms with Gasteiger partial charge in [0.05, 0.1) is 11.3 Å². The normalized spacial score (nSPS) is 14.0. The lowest BCUT2D eigenvalue weighted by atomic mass is 10.1. The maximum atomic E-state index is 11.1. The molecule has 1 heterocycles. The van der Waals surface area contributed by atoms with E-state index in [9.17, 15) is 13.2 Å². The van der Waals surface area contributed by atoms with Crippen LogP contribution in [0, 0.1) is 0 Å². The summed E-state index contributed by atoms with van der Waals surface area (Å²) in [7, 11) is -3.14. The number of nitrogens with one attached hydrogen (secondary N) is 1. The molecule has 0 saturated heterocycles. The number of rotatable bonds is 3. The van der Waals surface area contributed by atoms with Crippen LogP contribution in [0.1, 0.15) is 11.6 Å². The Labute approximate surface area is 97.3 Å². The van der Waals surface area contributed by atoms with Crippen molar-refractivity contribution in [1.82, 2.24) is 4.98 Å². The van der Waals surface area contributed by atoms with Gasteiger partial charge in [-0.25, -0.2) is 13.2 Å². The smallest absolute Gasteiger partial charge is 0.408 e. The molecule has 7 heteroatoms. The van der Waals surface area contributed by atoms with Gasteiger partial charge in [0.15, 0.2) is 5.58 Å². The predicted molar refractivity (Wildman–Crippen MR) is 63.5 cm³/mol. The Morgan fingerprint density at radius 2 is 2.18 bits per heavy atom. The molecule has 0 amide bonds. The summed E-state index contributed by atoms with van der Waals surface area (Å²) < 4.78 is 27.1. The van der Waals surface area contributed by atoms with Crippen LogP contribution in [0.25, 0.3) is 11.1 Å². The van der Waals surface area contributed by atoms with Gasteiger partial charge in [0, 0.05) is 12.3 Å². The maximum absolute atomic E-state index is 11.1. The van der Waals surface area contributed by atoms with E-state index < -0.39 is 21.6 Å². The Bertz CT molecular complexity index is 698. The zero-order chi connectivity index (χ0) is 12.6. The van der Waals surface area contributed by atoms with Crippen molar-refractivity contribution in [3.63, 3.8) is 0 Å². The molecule has 0 spiro atoms. The van der Waals surface area contributed by atoms with Crippen LogP contribution in [0.2, 0.25) is 0 Å². The molecule has 0 aliphatic heterocycles. The van der Waals surface area contributed by atoms with Crippen LogP contribution in [0.4, 0.5) is 0 Å². The summed E-state index contributed by atoms with van der Waals surface area (Å²) in [5.74, 6) is -0.693. The van der Waals surface area contributed by atoms with Crippen molar-refractivity contribution >= 4 is 20.9 Å². The zero-order valence-electron chi connectivity index (χ0n) is 9.14. The number of aromatic amines is 1. The highest BCUT2D eigenvalue weighted by Gasteiger charge is 2.14. The van der Waals surface area contributed by atoms with E-state index in [1.54, 1.807) is 18.2 Å². The molecular weight excluding hydrogens is 244 g/mol. The lowest BCUT2D eigenvalue weighted by Crippen LogP contribution is -2.20. The monoisotopic (exact) mass is 256 g/mol.